The van der Waals surface area contributed by atoms with Crippen LogP contribution in [0.1, 0.15) is 121 Å². The van der Waals surface area contributed by atoms with Crippen LogP contribution in [-0.2, 0) is 5.33 Å². The summed E-state index contributed by atoms with van der Waals surface area (Å²) in [4.78, 5) is 0. The molecule has 0 bridgehead atoms. The van der Waals surface area contributed by atoms with Crippen molar-refractivity contribution < 1.29 is 4.74 Å². The van der Waals surface area contributed by atoms with E-state index in [9.17, 15) is 0 Å². The second-order valence-electron chi connectivity index (χ2n) is 8.44. The summed E-state index contributed by atoms with van der Waals surface area (Å²) in [5.74, 6) is 1.02. The van der Waals surface area contributed by atoms with Crippen molar-refractivity contribution in [2.24, 2.45) is 0 Å². The van der Waals surface area contributed by atoms with Crippen molar-refractivity contribution in [2.45, 2.75) is 122 Å². The Labute approximate surface area is 184 Å². The number of benzene rings is 1. The molecule has 28 heavy (non-hydrogen) atoms. The van der Waals surface area contributed by atoms with Gasteiger partial charge in [-0.05, 0) is 36.6 Å². The molecule has 1 rings (SSSR count). The minimum Gasteiger partial charge on any atom is -0.494 e. The van der Waals surface area contributed by atoms with E-state index in [2.05, 4.69) is 48.0 Å². The van der Waals surface area contributed by atoms with Crippen molar-refractivity contribution in [3.8, 4) is 5.75 Å². The van der Waals surface area contributed by atoms with Gasteiger partial charge in [-0.2, -0.15) is 0 Å². The Balaban J connectivity index is 1.82. The highest BCUT2D eigenvalue weighted by Crippen LogP contribution is 2.19. The highest BCUT2D eigenvalue weighted by molar-refractivity contribution is 9.08. The molecule has 1 aromatic rings. The second-order valence-corrected chi connectivity index (χ2v) is 9.00. The molecule has 0 heterocycles. The molecular formula is C26H45BrO. The van der Waals surface area contributed by atoms with Crippen LogP contribution < -0.4 is 4.74 Å². The molecule has 0 atom stereocenters. The van der Waals surface area contributed by atoms with E-state index in [0.29, 0.717) is 0 Å². The molecule has 0 amide bonds. The van der Waals surface area contributed by atoms with Crippen LogP contribution in [0.2, 0.25) is 0 Å². The number of rotatable bonds is 19. The maximum atomic E-state index is 5.93. The van der Waals surface area contributed by atoms with Gasteiger partial charge in [0.2, 0.25) is 0 Å². The van der Waals surface area contributed by atoms with E-state index in [1.165, 1.54) is 114 Å². The molecule has 0 N–H and O–H groups in total. The molecule has 0 fully saturated rings. The van der Waals surface area contributed by atoms with E-state index >= 15 is 0 Å². The summed E-state index contributed by atoms with van der Waals surface area (Å²) in [6, 6.07) is 6.49. The maximum absolute atomic E-state index is 5.93. The third kappa shape index (κ3) is 14.5. The number of hydrogen-bond donors (Lipinski definition) is 0. The van der Waals surface area contributed by atoms with Crippen molar-refractivity contribution >= 4 is 15.9 Å². The van der Waals surface area contributed by atoms with Crippen LogP contribution in [0.5, 0.6) is 5.75 Å². The first kappa shape index (κ1) is 25.5. The van der Waals surface area contributed by atoms with Gasteiger partial charge in [-0.25, -0.2) is 0 Å². The summed E-state index contributed by atoms with van der Waals surface area (Å²) < 4.78 is 5.93. The lowest BCUT2D eigenvalue weighted by atomic mass is 10.0. The largest absolute Gasteiger partial charge is 0.494 e. The molecule has 162 valence electrons. The average molecular weight is 454 g/mol. The van der Waals surface area contributed by atoms with E-state index < -0.39 is 0 Å². The van der Waals surface area contributed by atoms with E-state index in [4.69, 9.17) is 4.74 Å². The summed E-state index contributed by atoms with van der Waals surface area (Å²) in [5, 5.41) is 0.893. The smallest absolute Gasteiger partial charge is 0.119 e. The van der Waals surface area contributed by atoms with Crippen LogP contribution in [0, 0.1) is 6.92 Å². The third-order valence-corrected chi connectivity index (χ3v) is 6.18. The summed E-state index contributed by atoms with van der Waals surface area (Å²) in [6.45, 7) is 5.28. The summed E-state index contributed by atoms with van der Waals surface area (Å²) >= 11 is 3.52. The quantitative estimate of drug-likeness (QED) is 0.150. The zero-order valence-corrected chi connectivity index (χ0v) is 20.3. The molecule has 2 heteroatoms. The molecule has 0 spiro atoms. The van der Waals surface area contributed by atoms with Crippen molar-refractivity contribution in [2.75, 3.05) is 6.61 Å². The predicted octanol–water partition coefficient (Wildman–Crippen LogP) is 9.53. The molecule has 1 nitrogen and oxygen atoms in total. The fourth-order valence-corrected chi connectivity index (χ4v) is 4.15. The van der Waals surface area contributed by atoms with Gasteiger partial charge in [0.05, 0.1) is 6.61 Å². The van der Waals surface area contributed by atoms with Crippen molar-refractivity contribution in [3.63, 3.8) is 0 Å². The van der Waals surface area contributed by atoms with E-state index in [-0.39, 0.29) is 0 Å². The molecule has 0 saturated carbocycles. The number of hydrogen-bond acceptors (Lipinski definition) is 1. The minimum absolute atomic E-state index is 0.851. The van der Waals surface area contributed by atoms with Gasteiger partial charge in [-0.1, -0.05) is 125 Å². The van der Waals surface area contributed by atoms with Crippen LogP contribution in [0.4, 0.5) is 0 Å². The Morgan fingerprint density at radius 3 is 1.57 bits per heavy atom. The highest BCUT2D eigenvalue weighted by Gasteiger charge is 1.99. The van der Waals surface area contributed by atoms with Crippen LogP contribution in [0.25, 0.3) is 0 Å². The van der Waals surface area contributed by atoms with Crippen molar-refractivity contribution in [3.05, 3.63) is 29.3 Å². The first-order valence-electron chi connectivity index (χ1n) is 12.1. The van der Waals surface area contributed by atoms with Gasteiger partial charge in [0.25, 0.3) is 0 Å². The fourth-order valence-electron chi connectivity index (χ4n) is 3.83. The maximum Gasteiger partial charge on any atom is 0.119 e. The molecule has 0 aliphatic rings. The lowest BCUT2D eigenvalue weighted by molar-refractivity contribution is 0.304. The third-order valence-electron chi connectivity index (χ3n) is 5.53. The number of aryl methyl sites for hydroxylation is 1. The Hall–Kier alpha value is -0.500. The van der Waals surface area contributed by atoms with E-state index in [1.807, 2.05) is 0 Å². The Morgan fingerprint density at radius 1 is 0.643 bits per heavy atom. The molecule has 0 aliphatic heterocycles. The number of halogens is 1. The molecule has 0 aliphatic carbocycles. The number of alkyl halides is 1. The topological polar surface area (TPSA) is 9.23 Å². The van der Waals surface area contributed by atoms with Gasteiger partial charge in [0.1, 0.15) is 5.75 Å². The first-order chi connectivity index (χ1) is 13.8. The Kier molecular flexibility index (Phi) is 16.9. The molecule has 0 saturated heterocycles. The van der Waals surface area contributed by atoms with Crippen molar-refractivity contribution in [1.82, 2.24) is 0 Å². The number of ether oxygens (including phenoxy) is 1. The Bertz CT molecular complexity index is 472. The van der Waals surface area contributed by atoms with Gasteiger partial charge in [-0.3, -0.25) is 0 Å². The number of unbranched alkanes of at least 4 members (excludes halogenated alkanes) is 15. The Morgan fingerprint density at radius 2 is 1.11 bits per heavy atom. The first-order valence-corrected chi connectivity index (χ1v) is 13.2. The average Bonchev–Trinajstić information content (AvgIpc) is 2.70. The molecule has 1 aromatic carbocycles. The monoisotopic (exact) mass is 452 g/mol. The molecular weight excluding hydrogens is 408 g/mol. The zero-order valence-electron chi connectivity index (χ0n) is 18.7. The molecule has 0 radical (unpaired) electrons. The van der Waals surface area contributed by atoms with Gasteiger partial charge in [0, 0.05) is 5.33 Å². The minimum atomic E-state index is 0.851. The standard InChI is InChI=1S/C26H45BrO/c1-3-4-5-6-7-8-9-10-11-12-13-14-15-16-17-18-19-28-26-21-24(2)20-25(22-26)23-27/h20-22H,3-19,23H2,1-2H3. The predicted molar refractivity (Wildman–Crippen MR) is 129 cm³/mol. The summed E-state index contributed by atoms with van der Waals surface area (Å²) in [7, 11) is 0. The fraction of sp³-hybridized carbons (Fsp3) is 0.769. The van der Waals surface area contributed by atoms with E-state index in [1.54, 1.807) is 0 Å². The van der Waals surface area contributed by atoms with Crippen molar-refractivity contribution in [1.29, 1.82) is 0 Å². The highest BCUT2D eigenvalue weighted by atomic mass is 79.9. The van der Waals surface area contributed by atoms with Gasteiger partial charge >= 0.3 is 0 Å². The SMILES string of the molecule is CCCCCCCCCCCCCCCCCCOc1cc(C)cc(CBr)c1. The van der Waals surface area contributed by atoms with Crippen LogP contribution in [-0.4, -0.2) is 6.61 Å². The van der Waals surface area contributed by atoms with E-state index in [0.717, 1.165) is 17.7 Å². The second kappa shape index (κ2) is 18.5. The lowest BCUT2D eigenvalue weighted by Gasteiger charge is -2.09. The summed E-state index contributed by atoms with van der Waals surface area (Å²) in [6.07, 6.45) is 22.5. The normalized spacial score (nSPS) is 11.1. The molecule has 0 aromatic heterocycles. The van der Waals surface area contributed by atoms with Crippen LogP contribution in [0.15, 0.2) is 18.2 Å². The molecule has 0 unspecified atom stereocenters. The van der Waals surface area contributed by atoms with Gasteiger partial charge in [-0.15, -0.1) is 0 Å². The lowest BCUT2D eigenvalue weighted by Crippen LogP contribution is -1.98. The van der Waals surface area contributed by atoms with Crippen LogP contribution in [0.3, 0.4) is 0 Å². The van der Waals surface area contributed by atoms with Gasteiger partial charge in [0.15, 0.2) is 0 Å². The summed E-state index contributed by atoms with van der Waals surface area (Å²) in [5.41, 5.74) is 2.57. The van der Waals surface area contributed by atoms with Crippen LogP contribution >= 0.6 is 15.9 Å². The van der Waals surface area contributed by atoms with Gasteiger partial charge < -0.3 is 4.74 Å². The zero-order chi connectivity index (χ0) is 20.3.